The van der Waals surface area contributed by atoms with E-state index < -0.39 is 0 Å². The number of ether oxygens (including phenoxy) is 2. The van der Waals surface area contributed by atoms with Crippen LogP contribution in [0, 0.1) is 0 Å². The van der Waals surface area contributed by atoms with Crippen LogP contribution >= 0.6 is 0 Å². The second-order valence-corrected chi connectivity index (χ2v) is 5.34. The van der Waals surface area contributed by atoms with E-state index in [-0.39, 0.29) is 6.10 Å². The Labute approximate surface area is 115 Å². The summed E-state index contributed by atoms with van der Waals surface area (Å²) in [5, 5.41) is 3.65. The molecule has 1 aliphatic rings. The molecular formula is C14H25N3O2. The number of piperidine rings is 1. The molecule has 1 aromatic heterocycles. The van der Waals surface area contributed by atoms with Crippen LogP contribution in [-0.2, 0) is 16.0 Å². The molecular weight excluding hydrogens is 242 g/mol. The van der Waals surface area contributed by atoms with Gasteiger partial charge in [0.15, 0.2) is 0 Å². The third-order valence-corrected chi connectivity index (χ3v) is 3.80. The van der Waals surface area contributed by atoms with Crippen molar-refractivity contribution < 1.29 is 9.47 Å². The van der Waals surface area contributed by atoms with Gasteiger partial charge in [0.05, 0.1) is 31.3 Å². The van der Waals surface area contributed by atoms with E-state index in [1.807, 2.05) is 12.5 Å². The Morgan fingerprint density at radius 1 is 1.47 bits per heavy atom. The lowest BCUT2D eigenvalue weighted by atomic mass is 9.97. The summed E-state index contributed by atoms with van der Waals surface area (Å²) in [5.74, 6) is 0. The third kappa shape index (κ3) is 3.78. The van der Waals surface area contributed by atoms with Crippen molar-refractivity contribution in [1.29, 1.82) is 0 Å². The predicted octanol–water partition coefficient (Wildman–Crippen LogP) is 1.75. The van der Waals surface area contributed by atoms with Crippen molar-refractivity contribution in [3.8, 4) is 0 Å². The molecule has 1 N–H and O–H groups in total. The monoisotopic (exact) mass is 267 g/mol. The molecule has 5 heteroatoms. The molecule has 0 spiro atoms. The zero-order valence-corrected chi connectivity index (χ0v) is 12.1. The first-order valence-electron chi connectivity index (χ1n) is 7.02. The van der Waals surface area contributed by atoms with Gasteiger partial charge in [-0.15, -0.1) is 0 Å². The van der Waals surface area contributed by atoms with Crippen LogP contribution in [0.15, 0.2) is 12.5 Å². The quantitative estimate of drug-likeness (QED) is 0.853. The first-order valence-corrected chi connectivity index (χ1v) is 7.02. The van der Waals surface area contributed by atoms with Crippen molar-refractivity contribution in [2.75, 3.05) is 20.8 Å². The molecule has 5 nitrogen and oxygen atoms in total. The number of hydrogen-bond acceptors (Lipinski definition) is 4. The van der Waals surface area contributed by atoms with Crippen molar-refractivity contribution in [2.45, 2.75) is 50.9 Å². The Hall–Kier alpha value is -0.910. The molecule has 19 heavy (non-hydrogen) atoms. The number of imidazole rings is 1. The molecule has 1 aromatic rings. The number of rotatable bonds is 6. The van der Waals surface area contributed by atoms with E-state index in [4.69, 9.17) is 9.47 Å². The maximum atomic E-state index is 5.43. The summed E-state index contributed by atoms with van der Waals surface area (Å²) in [6.07, 6.45) is 7.63. The van der Waals surface area contributed by atoms with Gasteiger partial charge in [0.25, 0.3) is 0 Å². The van der Waals surface area contributed by atoms with Gasteiger partial charge in [-0.3, -0.25) is 0 Å². The smallest absolute Gasteiger partial charge is 0.0983 e. The highest BCUT2D eigenvalue weighted by atomic mass is 16.5. The van der Waals surface area contributed by atoms with E-state index in [2.05, 4.69) is 21.8 Å². The lowest BCUT2D eigenvalue weighted by Gasteiger charge is -2.29. The average molecular weight is 267 g/mol. The van der Waals surface area contributed by atoms with Gasteiger partial charge in [-0.05, 0) is 26.2 Å². The lowest BCUT2D eigenvalue weighted by Crippen LogP contribution is -2.36. The van der Waals surface area contributed by atoms with E-state index in [9.17, 15) is 0 Å². The van der Waals surface area contributed by atoms with E-state index in [0.29, 0.717) is 18.7 Å². The summed E-state index contributed by atoms with van der Waals surface area (Å²) in [4.78, 5) is 4.30. The van der Waals surface area contributed by atoms with Crippen molar-refractivity contribution in [3.63, 3.8) is 0 Å². The molecule has 3 unspecified atom stereocenters. The summed E-state index contributed by atoms with van der Waals surface area (Å²) in [6, 6.07) is 0.991. The molecule has 3 atom stereocenters. The van der Waals surface area contributed by atoms with E-state index in [1.54, 1.807) is 14.2 Å². The summed E-state index contributed by atoms with van der Waals surface area (Å²) in [5.41, 5.74) is 1.25. The third-order valence-electron chi connectivity index (χ3n) is 3.80. The zero-order chi connectivity index (χ0) is 13.7. The minimum Gasteiger partial charge on any atom is -0.382 e. The molecule has 0 aromatic carbocycles. The fourth-order valence-electron chi connectivity index (χ4n) is 2.75. The second kappa shape index (κ2) is 7.03. The molecule has 0 aliphatic carbocycles. The van der Waals surface area contributed by atoms with Gasteiger partial charge in [0.2, 0.25) is 0 Å². The molecule has 2 rings (SSSR count). The SMILES string of the molecule is COCC(Cn1cncc1C1CCCC(C)N1)OC. The molecule has 0 saturated carbocycles. The highest BCUT2D eigenvalue weighted by molar-refractivity contribution is 5.07. The van der Waals surface area contributed by atoms with Gasteiger partial charge in [-0.2, -0.15) is 0 Å². The van der Waals surface area contributed by atoms with Gasteiger partial charge in [-0.1, -0.05) is 0 Å². The minimum absolute atomic E-state index is 0.0685. The normalized spacial score (nSPS) is 25.4. The fourth-order valence-corrected chi connectivity index (χ4v) is 2.75. The van der Waals surface area contributed by atoms with Gasteiger partial charge in [0, 0.05) is 32.5 Å². The van der Waals surface area contributed by atoms with Crippen molar-refractivity contribution >= 4 is 0 Å². The Kier molecular flexibility index (Phi) is 5.36. The van der Waals surface area contributed by atoms with Crippen LogP contribution in [0.2, 0.25) is 0 Å². The Balaban J connectivity index is 2.04. The fraction of sp³-hybridized carbons (Fsp3) is 0.786. The van der Waals surface area contributed by atoms with Crippen LogP contribution < -0.4 is 5.32 Å². The van der Waals surface area contributed by atoms with Crippen LogP contribution in [0.5, 0.6) is 0 Å². The van der Waals surface area contributed by atoms with Crippen LogP contribution in [0.4, 0.5) is 0 Å². The minimum atomic E-state index is 0.0685. The van der Waals surface area contributed by atoms with Crippen LogP contribution in [0.1, 0.15) is 37.9 Å². The molecule has 0 bridgehead atoms. The Bertz CT molecular complexity index is 381. The van der Waals surface area contributed by atoms with Crippen LogP contribution in [0.25, 0.3) is 0 Å². The van der Waals surface area contributed by atoms with Crippen molar-refractivity contribution in [3.05, 3.63) is 18.2 Å². The van der Waals surface area contributed by atoms with Gasteiger partial charge < -0.3 is 19.4 Å². The topological polar surface area (TPSA) is 48.3 Å². The number of aromatic nitrogens is 2. The highest BCUT2D eigenvalue weighted by Gasteiger charge is 2.23. The molecule has 1 fully saturated rings. The summed E-state index contributed by atoms with van der Waals surface area (Å²) < 4.78 is 12.8. The van der Waals surface area contributed by atoms with Gasteiger partial charge in [-0.25, -0.2) is 4.98 Å². The number of nitrogens with one attached hydrogen (secondary N) is 1. The number of nitrogens with zero attached hydrogens (tertiary/aromatic N) is 2. The summed E-state index contributed by atoms with van der Waals surface area (Å²) in [6.45, 7) is 3.63. The van der Waals surface area contributed by atoms with Crippen LogP contribution in [-0.4, -0.2) is 42.5 Å². The average Bonchev–Trinajstić information content (AvgIpc) is 2.86. The first kappa shape index (κ1) is 14.5. The van der Waals surface area contributed by atoms with Gasteiger partial charge in [0.1, 0.15) is 0 Å². The first-order chi connectivity index (χ1) is 9.24. The second-order valence-electron chi connectivity index (χ2n) is 5.34. The largest absolute Gasteiger partial charge is 0.382 e. The molecule has 1 aliphatic heterocycles. The van der Waals surface area contributed by atoms with Crippen molar-refractivity contribution in [2.24, 2.45) is 0 Å². The van der Waals surface area contributed by atoms with Crippen LogP contribution in [0.3, 0.4) is 0 Å². The van der Waals surface area contributed by atoms with E-state index in [1.165, 1.54) is 25.0 Å². The molecule has 108 valence electrons. The lowest BCUT2D eigenvalue weighted by molar-refractivity contribution is 0.0176. The number of hydrogen-bond donors (Lipinski definition) is 1. The van der Waals surface area contributed by atoms with Gasteiger partial charge >= 0.3 is 0 Å². The predicted molar refractivity (Wildman–Crippen MR) is 74.1 cm³/mol. The maximum absolute atomic E-state index is 5.43. The molecule has 0 amide bonds. The number of methoxy groups -OCH3 is 2. The molecule has 0 radical (unpaired) electrons. The Morgan fingerprint density at radius 3 is 3.00 bits per heavy atom. The standard InChI is InChI=1S/C14H25N3O2/c1-11-5-4-6-13(16-11)14-7-15-10-17(14)8-12(19-3)9-18-2/h7,10-13,16H,4-6,8-9H2,1-3H3. The maximum Gasteiger partial charge on any atom is 0.0983 e. The zero-order valence-electron chi connectivity index (χ0n) is 12.1. The van der Waals surface area contributed by atoms with E-state index >= 15 is 0 Å². The highest BCUT2D eigenvalue weighted by Crippen LogP contribution is 2.25. The molecule has 1 saturated heterocycles. The summed E-state index contributed by atoms with van der Waals surface area (Å²) in [7, 11) is 3.42. The molecule has 2 heterocycles. The van der Waals surface area contributed by atoms with Crippen molar-refractivity contribution in [1.82, 2.24) is 14.9 Å². The Morgan fingerprint density at radius 2 is 2.32 bits per heavy atom. The van der Waals surface area contributed by atoms with E-state index in [0.717, 1.165) is 6.54 Å². The summed E-state index contributed by atoms with van der Waals surface area (Å²) >= 11 is 0.